The van der Waals surface area contributed by atoms with E-state index in [1.54, 1.807) is 19.2 Å². The maximum atomic E-state index is 12.1. The number of nitrogens with zero attached hydrogens (tertiary/aromatic N) is 1. The van der Waals surface area contributed by atoms with Gasteiger partial charge in [-0.2, -0.15) is 0 Å². The van der Waals surface area contributed by atoms with Gasteiger partial charge in [0.2, 0.25) is 5.91 Å². The first kappa shape index (κ1) is 13.9. The van der Waals surface area contributed by atoms with Crippen LogP contribution in [0.5, 0.6) is 5.75 Å². The number of carbonyl (C=O) groups is 1. The van der Waals surface area contributed by atoms with Gasteiger partial charge in [-0.25, -0.2) is 8.42 Å². The van der Waals surface area contributed by atoms with Gasteiger partial charge >= 0.3 is 0 Å². The lowest BCUT2D eigenvalue weighted by molar-refractivity contribution is -0.119. The van der Waals surface area contributed by atoms with Gasteiger partial charge in [0.05, 0.1) is 11.5 Å². The molecule has 19 heavy (non-hydrogen) atoms. The molecule has 5 nitrogen and oxygen atoms in total. The highest BCUT2D eigenvalue weighted by Crippen LogP contribution is 2.24. The number of benzene rings is 1. The van der Waals surface area contributed by atoms with Crippen molar-refractivity contribution < 1.29 is 18.3 Å². The van der Waals surface area contributed by atoms with Crippen LogP contribution in [0.1, 0.15) is 12.8 Å². The van der Waals surface area contributed by atoms with Crippen molar-refractivity contribution in [2.75, 3.05) is 23.5 Å². The lowest BCUT2D eigenvalue weighted by Crippen LogP contribution is -2.28. The summed E-state index contributed by atoms with van der Waals surface area (Å²) in [6.45, 7) is 0. The van der Waals surface area contributed by atoms with E-state index in [1.807, 2.05) is 0 Å². The number of amides is 1. The highest BCUT2D eigenvalue weighted by molar-refractivity contribution is 7.91. The number of hydrogen-bond donors (Lipinski definition) is 1. The van der Waals surface area contributed by atoms with Crippen LogP contribution in [0.2, 0.25) is 0 Å². The second kappa shape index (κ2) is 5.21. The molecule has 0 bridgehead atoms. The van der Waals surface area contributed by atoms with Gasteiger partial charge < -0.3 is 10.0 Å². The van der Waals surface area contributed by atoms with E-state index in [9.17, 15) is 18.3 Å². The van der Waals surface area contributed by atoms with E-state index in [-0.39, 0.29) is 35.5 Å². The Bertz CT molecular complexity index is 582. The number of phenolic OH excluding ortho intramolecular Hbond substituents is 1. The third kappa shape index (κ3) is 3.47. The number of phenols is 1. The monoisotopic (exact) mass is 283 g/mol. The summed E-state index contributed by atoms with van der Waals surface area (Å²) in [4.78, 5) is 13.5. The predicted octanol–water partition coefficient (Wildman–Crippen LogP) is 1.18. The molecule has 1 amide bonds. The van der Waals surface area contributed by atoms with Gasteiger partial charge in [-0.15, -0.1) is 0 Å². The van der Waals surface area contributed by atoms with E-state index in [1.165, 1.54) is 17.0 Å². The molecule has 0 saturated carbocycles. The molecule has 0 aliphatic carbocycles. The maximum absolute atomic E-state index is 12.1. The van der Waals surface area contributed by atoms with Crippen molar-refractivity contribution in [2.24, 2.45) is 5.92 Å². The van der Waals surface area contributed by atoms with E-state index in [2.05, 4.69) is 0 Å². The number of aromatic hydroxyl groups is 1. The van der Waals surface area contributed by atoms with Crippen LogP contribution in [-0.4, -0.2) is 38.0 Å². The summed E-state index contributed by atoms with van der Waals surface area (Å²) in [5, 5.41) is 9.38. The molecule has 0 aromatic heterocycles. The molecule has 104 valence electrons. The van der Waals surface area contributed by atoms with Gasteiger partial charge in [0, 0.05) is 25.2 Å². The van der Waals surface area contributed by atoms with Crippen LogP contribution in [0.15, 0.2) is 24.3 Å². The first-order chi connectivity index (χ1) is 8.87. The molecule has 2 rings (SSSR count). The standard InChI is InChI=1S/C13H17NO4S/c1-14(11-3-2-4-12(15)8-11)13(16)7-10-5-6-19(17,18)9-10/h2-4,8,10,15H,5-7,9H2,1H3. The Balaban J connectivity index is 2.00. The quantitative estimate of drug-likeness (QED) is 0.904. The number of hydrogen-bond acceptors (Lipinski definition) is 4. The van der Waals surface area contributed by atoms with Crippen LogP contribution < -0.4 is 4.90 Å². The van der Waals surface area contributed by atoms with Crippen molar-refractivity contribution in [2.45, 2.75) is 12.8 Å². The number of rotatable bonds is 3. The van der Waals surface area contributed by atoms with E-state index in [0.717, 1.165) is 0 Å². The fourth-order valence-corrected chi connectivity index (χ4v) is 4.12. The molecular formula is C13H17NO4S. The van der Waals surface area contributed by atoms with Crippen LogP contribution >= 0.6 is 0 Å². The Morgan fingerprint density at radius 2 is 2.21 bits per heavy atom. The molecular weight excluding hydrogens is 266 g/mol. The van der Waals surface area contributed by atoms with Crippen molar-refractivity contribution in [1.82, 2.24) is 0 Å². The van der Waals surface area contributed by atoms with Crippen LogP contribution in [-0.2, 0) is 14.6 Å². The first-order valence-corrected chi connectivity index (χ1v) is 7.95. The van der Waals surface area contributed by atoms with Gasteiger partial charge in [-0.3, -0.25) is 4.79 Å². The minimum absolute atomic E-state index is 0.0859. The Morgan fingerprint density at radius 3 is 2.79 bits per heavy atom. The highest BCUT2D eigenvalue weighted by Gasteiger charge is 2.30. The Hall–Kier alpha value is -1.56. The normalized spacial score (nSPS) is 21.2. The second-order valence-corrected chi connectivity index (χ2v) is 7.17. The van der Waals surface area contributed by atoms with Crippen LogP contribution in [0, 0.1) is 5.92 Å². The molecule has 1 aliphatic heterocycles. The molecule has 0 spiro atoms. The molecule has 1 N–H and O–H groups in total. The summed E-state index contributed by atoms with van der Waals surface area (Å²) < 4.78 is 22.7. The lowest BCUT2D eigenvalue weighted by atomic mass is 10.0. The van der Waals surface area contributed by atoms with Gasteiger partial charge in [0.15, 0.2) is 9.84 Å². The van der Waals surface area contributed by atoms with Crippen LogP contribution in [0.25, 0.3) is 0 Å². The molecule has 6 heteroatoms. The van der Waals surface area contributed by atoms with Crippen LogP contribution in [0.4, 0.5) is 5.69 Å². The molecule has 1 aromatic rings. The molecule has 1 unspecified atom stereocenters. The van der Waals surface area contributed by atoms with E-state index < -0.39 is 9.84 Å². The zero-order chi connectivity index (χ0) is 14.0. The molecule has 1 heterocycles. The Labute approximate surface area is 112 Å². The summed E-state index contributed by atoms with van der Waals surface area (Å²) in [5.41, 5.74) is 0.603. The number of sulfone groups is 1. The largest absolute Gasteiger partial charge is 0.508 e. The fraction of sp³-hybridized carbons (Fsp3) is 0.462. The Morgan fingerprint density at radius 1 is 1.47 bits per heavy atom. The molecule has 1 fully saturated rings. The van der Waals surface area contributed by atoms with E-state index in [4.69, 9.17) is 0 Å². The smallest absolute Gasteiger partial charge is 0.227 e. The van der Waals surface area contributed by atoms with Crippen molar-refractivity contribution in [3.05, 3.63) is 24.3 Å². The molecule has 1 aromatic carbocycles. The van der Waals surface area contributed by atoms with Crippen LogP contribution in [0.3, 0.4) is 0 Å². The van der Waals surface area contributed by atoms with Crippen molar-refractivity contribution in [3.8, 4) is 5.75 Å². The van der Waals surface area contributed by atoms with Gasteiger partial charge in [-0.05, 0) is 24.5 Å². The zero-order valence-electron chi connectivity index (χ0n) is 10.7. The molecule has 1 atom stereocenters. The van der Waals surface area contributed by atoms with Gasteiger partial charge in [-0.1, -0.05) is 6.07 Å². The number of anilines is 1. The lowest BCUT2D eigenvalue weighted by Gasteiger charge is -2.19. The summed E-state index contributed by atoms with van der Waals surface area (Å²) in [6.07, 6.45) is 0.785. The molecule has 1 saturated heterocycles. The summed E-state index contributed by atoms with van der Waals surface area (Å²) in [5.74, 6) is 0.165. The highest BCUT2D eigenvalue weighted by atomic mass is 32.2. The average molecular weight is 283 g/mol. The molecule has 1 aliphatic rings. The summed E-state index contributed by atoms with van der Waals surface area (Å²) in [7, 11) is -1.32. The third-order valence-corrected chi connectivity index (χ3v) is 5.22. The van der Waals surface area contributed by atoms with E-state index in [0.29, 0.717) is 12.1 Å². The topological polar surface area (TPSA) is 74.7 Å². The van der Waals surface area contributed by atoms with Crippen molar-refractivity contribution in [1.29, 1.82) is 0 Å². The van der Waals surface area contributed by atoms with Crippen molar-refractivity contribution in [3.63, 3.8) is 0 Å². The predicted molar refractivity (Wildman–Crippen MR) is 72.9 cm³/mol. The third-order valence-electron chi connectivity index (χ3n) is 3.38. The van der Waals surface area contributed by atoms with Gasteiger partial charge in [0.25, 0.3) is 0 Å². The SMILES string of the molecule is CN(C(=O)CC1CCS(=O)(=O)C1)c1cccc(O)c1. The number of carbonyl (C=O) groups excluding carboxylic acids is 1. The average Bonchev–Trinajstić information content (AvgIpc) is 2.67. The Kier molecular flexibility index (Phi) is 3.80. The van der Waals surface area contributed by atoms with Gasteiger partial charge in [0.1, 0.15) is 5.75 Å². The minimum Gasteiger partial charge on any atom is -0.508 e. The minimum atomic E-state index is -2.95. The first-order valence-electron chi connectivity index (χ1n) is 6.13. The summed E-state index contributed by atoms with van der Waals surface area (Å²) >= 11 is 0. The molecule has 0 radical (unpaired) electrons. The second-order valence-electron chi connectivity index (χ2n) is 4.95. The maximum Gasteiger partial charge on any atom is 0.227 e. The van der Waals surface area contributed by atoms with Crippen molar-refractivity contribution >= 4 is 21.4 Å². The zero-order valence-corrected chi connectivity index (χ0v) is 11.6. The fourth-order valence-electron chi connectivity index (χ4n) is 2.26. The summed E-state index contributed by atoms with van der Waals surface area (Å²) in [6, 6.07) is 6.42. The van der Waals surface area contributed by atoms with E-state index >= 15 is 0 Å².